The molecule has 0 aliphatic rings. The monoisotopic (exact) mass is 419 g/mol. The number of hydrogen-bond acceptors (Lipinski definition) is 2. The van der Waals surface area contributed by atoms with Gasteiger partial charge < -0.3 is 9.88 Å². The summed E-state index contributed by atoms with van der Waals surface area (Å²) in [5.74, 6) is 1.82. The predicted octanol–water partition coefficient (Wildman–Crippen LogP) is 6.08. The first-order valence-corrected chi connectivity index (χ1v) is 11.6. The Bertz CT molecular complexity index is 993. The number of fused-ring (bicyclic) bond motifs is 1. The maximum absolute atomic E-state index is 12.0. The minimum absolute atomic E-state index is 0.123. The van der Waals surface area contributed by atoms with Crippen molar-refractivity contribution in [2.45, 2.75) is 72.8 Å². The third-order valence-corrected chi connectivity index (χ3v) is 5.76. The normalized spacial score (nSPS) is 11.9. The van der Waals surface area contributed by atoms with Crippen molar-refractivity contribution in [3.05, 3.63) is 65.5 Å². The van der Waals surface area contributed by atoms with E-state index in [9.17, 15) is 4.79 Å². The molecule has 3 aromatic rings. The van der Waals surface area contributed by atoms with Crippen molar-refractivity contribution in [3.63, 3.8) is 0 Å². The zero-order chi connectivity index (χ0) is 22.4. The number of aromatic nitrogens is 2. The van der Waals surface area contributed by atoms with Crippen LogP contribution in [0.15, 0.2) is 48.5 Å². The summed E-state index contributed by atoms with van der Waals surface area (Å²) in [4.78, 5) is 16.9. The minimum Gasteiger partial charge on any atom is -0.356 e. The van der Waals surface area contributed by atoms with Crippen LogP contribution in [0.4, 0.5) is 0 Å². The van der Waals surface area contributed by atoms with Gasteiger partial charge in [-0.2, -0.15) is 0 Å². The molecule has 4 nitrogen and oxygen atoms in total. The lowest BCUT2D eigenvalue weighted by molar-refractivity contribution is -0.128. The smallest absolute Gasteiger partial charge is 0.225 e. The molecule has 0 aliphatic carbocycles. The molecule has 0 bridgehead atoms. The van der Waals surface area contributed by atoms with Crippen molar-refractivity contribution in [1.82, 2.24) is 14.9 Å². The van der Waals surface area contributed by atoms with Crippen molar-refractivity contribution in [3.8, 4) is 0 Å². The van der Waals surface area contributed by atoms with E-state index >= 15 is 0 Å². The number of benzene rings is 2. The summed E-state index contributed by atoms with van der Waals surface area (Å²) in [6.45, 7) is 11.9. The van der Waals surface area contributed by atoms with Crippen LogP contribution < -0.4 is 5.32 Å². The molecule has 0 spiro atoms. The Morgan fingerprint density at radius 3 is 2.39 bits per heavy atom. The average molecular weight is 420 g/mol. The number of amides is 1. The van der Waals surface area contributed by atoms with Crippen molar-refractivity contribution in [2.75, 3.05) is 6.54 Å². The molecule has 0 unspecified atom stereocenters. The molecule has 0 fully saturated rings. The van der Waals surface area contributed by atoms with E-state index in [0.29, 0.717) is 5.92 Å². The third-order valence-electron chi connectivity index (χ3n) is 5.76. The van der Waals surface area contributed by atoms with E-state index in [0.717, 1.165) is 50.1 Å². The van der Waals surface area contributed by atoms with Crippen LogP contribution in [-0.2, 0) is 17.8 Å². The SMILES string of the molecule is CC(C)c1ccc(Cn2c(CCCCCNC(=O)C(C)(C)C)nc3ccccc32)cc1. The number of carbonyl (C=O) groups excluding carboxylic acids is 1. The maximum atomic E-state index is 12.0. The van der Waals surface area contributed by atoms with Crippen LogP contribution in [0, 0.1) is 5.41 Å². The number of hydrogen-bond donors (Lipinski definition) is 1. The molecule has 166 valence electrons. The number of aryl methyl sites for hydroxylation is 1. The van der Waals surface area contributed by atoms with Crippen molar-refractivity contribution >= 4 is 16.9 Å². The van der Waals surface area contributed by atoms with Gasteiger partial charge in [0.25, 0.3) is 0 Å². The van der Waals surface area contributed by atoms with Crippen LogP contribution in [-0.4, -0.2) is 22.0 Å². The molecule has 0 saturated heterocycles. The third kappa shape index (κ3) is 6.19. The van der Waals surface area contributed by atoms with Gasteiger partial charge in [0.2, 0.25) is 5.91 Å². The Balaban J connectivity index is 1.62. The fourth-order valence-electron chi connectivity index (χ4n) is 3.74. The van der Waals surface area contributed by atoms with Crippen molar-refractivity contribution < 1.29 is 4.79 Å². The first-order chi connectivity index (χ1) is 14.8. The summed E-state index contributed by atoms with van der Waals surface area (Å²) in [5, 5.41) is 3.04. The minimum atomic E-state index is -0.321. The predicted molar refractivity (Wildman–Crippen MR) is 129 cm³/mol. The summed E-state index contributed by atoms with van der Waals surface area (Å²) in [6.07, 6.45) is 4.10. The Morgan fingerprint density at radius 1 is 1.00 bits per heavy atom. The lowest BCUT2D eigenvalue weighted by atomic mass is 9.96. The summed E-state index contributed by atoms with van der Waals surface area (Å²) in [5.41, 5.74) is 4.62. The van der Waals surface area contributed by atoms with E-state index in [1.54, 1.807) is 0 Å². The number of para-hydroxylation sites is 2. The molecule has 1 aromatic heterocycles. The van der Waals surface area contributed by atoms with Gasteiger partial charge in [-0.25, -0.2) is 4.98 Å². The zero-order valence-corrected chi connectivity index (χ0v) is 19.7. The number of imidazole rings is 1. The molecular formula is C27H37N3O. The first kappa shape index (κ1) is 23.1. The number of carbonyl (C=O) groups is 1. The number of nitrogens with one attached hydrogen (secondary N) is 1. The fraction of sp³-hybridized carbons (Fsp3) is 0.481. The molecule has 31 heavy (non-hydrogen) atoms. The van der Waals surface area contributed by atoms with Crippen molar-refractivity contribution in [1.29, 1.82) is 0 Å². The highest BCUT2D eigenvalue weighted by atomic mass is 16.2. The second kappa shape index (κ2) is 10.1. The number of unbranched alkanes of at least 4 members (excludes halogenated alkanes) is 2. The van der Waals surface area contributed by atoms with E-state index in [1.807, 2.05) is 20.8 Å². The Hall–Kier alpha value is -2.62. The molecular weight excluding hydrogens is 382 g/mol. The zero-order valence-electron chi connectivity index (χ0n) is 19.7. The van der Waals surface area contributed by atoms with Gasteiger partial charge in [-0.1, -0.05) is 77.4 Å². The highest BCUT2D eigenvalue weighted by Crippen LogP contribution is 2.21. The molecule has 4 heteroatoms. The molecule has 0 saturated carbocycles. The van der Waals surface area contributed by atoms with Gasteiger partial charge in [0.05, 0.1) is 11.0 Å². The molecule has 0 radical (unpaired) electrons. The standard InChI is InChI=1S/C27H37N3O/c1-20(2)22-16-14-21(15-17-22)19-30-24-12-9-8-11-23(24)29-25(30)13-7-6-10-18-28-26(31)27(3,4)5/h8-9,11-12,14-17,20H,6-7,10,13,18-19H2,1-5H3,(H,28,31). The van der Waals surface area contributed by atoms with E-state index in [1.165, 1.54) is 16.6 Å². The molecule has 1 heterocycles. The molecule has 0 aliphatic heterocycles. The van der Waals surface area contributed by atoms with Crippen LogP contribution in [0.5, 0.6) is 0 Å². The van der Waals surface area contributed by atoms with Gasteiger partial charge in [-0.05, 0) is 42.0 Å². The van der Waals surface area contributed by atoms with Crippen LogP contribution >= 0.6 is 0 Å². The van der Waals surface area contributed by atoms with Gasteiger partial charge in [-0.3, -0.25) is 4.79 Å². The molecule has 1 amide bonds. The average Bonchev–Trinajstić information content (AvgIpc) is 3.07. The van der Waals surface area contributed by atoms with Gasteiger partial charge in [0.15, 0.2) is 0 Å². The molecule has 2 aromatic carbocycles. The fourth-order valence-corrected chi connectivity index (χ4v) is 3.74. The highest BCUT2D eigenvalue weighted by molar-refractivity contribution is 5.81. The highest BCUT2D eigenvalue weighted by Gasteiger charge is 2.20. The maximum Gasteiger partial charge on any atom is 0.225 e. The van der Waals surface area contributed by atoms with Crippen LogP contribution in [0.3, 0.4) is 0 Å². The first-order valence-electron chi connectivity index (χ1n) is 11.6. The lowest BCUT2D eigenvalue weighted by Gasteiger charge is -2.17. The second-order valence-electron chi connectivity index (χ2n) is 9.82. The van der Waals surface area contributed by atoms with Crippen LogP contribution in [0.2, 0.25) is 0 Å². The van der Waals surface area contributed by atoms with E-state index in [-0.39, 0.29) is 11.3 Å². The molecule has 3 rings (SSSR count). The number of rotatable bonds is 9. The second-order valence-corrected chi connectivity index (χ2v) is 9.82. The van der Waals surface area contributed by atoms with E-state index in [4.69, 9.17) is 4.98 Å². The Kier molecular flexibility index (Phi) is 7.53. The topological polar surface area (TPSA) is 46.9 Å². The molecule has 1 N–H and O–H groups in total. The number of nitrogens with zero attached hydrogens (tertiary/aromatic N) is 2. The van der Waals surface area contributed by atoms with E-state index < -0.39 is 0 Å². The Labute approximate surface area is 187 Å². The summed E-state index contributed by atoms with van der Waals surface area (Å²) >= 11 is 0. The van der Waals surface area contributed by atoms with Crippen LogP contribution in [0.1, 0.15) is 76.8 Å². The van der Waals surface area contributed by atoms with Gasteiger partial charge >= 0.3 is 0 Å². The Morgan fingerprint density at radius 2 is 1.71 bits per heavy atom. The lowest BCUT2D eigenvalue weighted by Crippen LogP contribution is -2.35. The van der Waals surface area contributed by atoms with Gasteiger partial charge in [-0.15, -0.1) is 0 Å². The summed E-state index contributed by atoms with van der Waals surface area (Å²) in [7, 11) is 0. The summed E-state index contributed by atoms with van der Waals surface area (Å²) < 4.78 is 2.36. The molecule has 0 atom stereocenters. The van der Waals surface area contributed by atoms with Gasteiger partial charge in [0, 0.05) is 24.9 Å². The van der Waals surface area contributed by atoms with E-state index in [2.05, 4.69) is 72.3 Å². The largest absolute Gasteiger partial charge is 0.356 e. The quantitative estimate of drug-likeness (QED) is 0.427. The van der Waals surface area contributed by atoms with Crippen molar-refractivity contribution in [2.24, 2.45) is 5.41 Å². The van der Waals surface area contributed by atoms with Crippen LogP contribution in [0.25, 0.3) is 11.0 Å². The summed E-state index contributed by atoms with van der Waals surface area (Å²) in [6, 6.07) is 17.4. The van der Waals surface area contributed by atoms with Gasteiger partial charge in [0.1, 0.15) is 5.82 Å².